The summed E-state index contributed by atoms with van der Waals surface area (Å²) in [7, 11) is 0. The van der Waals surface area contributed by atoms with E-state index in [-0.39, 0.29) is 0 Å². The molecule has 2 aromatic heterocycles. The molecular weight excluding hydrogens is 358 g/mol. The second kappa shape index (κ2) is 11.0. The standard InChI is InChI=1S/C25H35N3O/c1-4-6-16-27(17-7-5-2)18-9-19-29-23-14-12-22(13-15-23)24-20-28-21(3)10-8-11-25(28)26-24/h8,10-15,20H,4-7,9,16-19H2,1-3H3. The van der Waals surface area contributed by atoms with Crippen LogP contribution in [0.25, 0.3) is 16.9 Å². The number of pyridine rings is 1. The van der Waals surface area contributed by atoms with Gasteiger partial charge in [0.1, 0.15) is 11.4 Å². The van der Waals surface area contributed by atoms with Gasteiger partial charge in [0.05, 0.1) is 12.3 Å². The average Bonchev–Trinajstić information content (AvgIpc) is 3.19. The van der Waals surface area contributed by atoms with Crippen LogP contribution in [0.2, 0.25) is 0 Å². The molecule has 0 aliphatic heterocycles. The number of aromatic nitrogens is 2. The maximum atomic E-state index is 5.98. The summed E-state index contributed by atoms with van der Waals surface area (Å²) < 4.78 is 8.11. The summed E-state index contributed by atoms with van der Waals surface area (Å²) in [4.78, 5) is 7.32. The number of benzene rings is 1. The highest BCUT2D eigenvalue weighted by molar-refractivity contribution is 5.63. The van der Waals surface area contributed by atoms with E-state index in [0.29, 0.717) is 0 Å². The van der Waals surface area contributed by atoms with E-state index in [0.717, 1.165) is 42.2 Å². The molecule has 0 saturated carbocycles. The molecule has 0 spiro atoms. The maximum absolute atomic E-state index is 5.98. The second-order valence-electron chi connectivity index (χ2n) is 7.80. The Labute approximate surface area is 175 Å². The summed E-state index contributed by atoms with van der Waals surface area (Å²) in [6, 6.07) is 14.5. The van der Waals surface area contributed by atoms with Gasteiger partial charge < -0.3 is 14.0 Å². The number of ether oxygens (including phenoxy) is 1. The number of hydrogen-bond donors (Lipinski definition) is 0. The number of aryl methyl sites for hydroxylation is 1. The average molecular weight is 394 g/mol. The molecule has 3 aromatic rings. The summed E-state index contributed by atoms with van der Waals surface area (Å²) >= 11 is 0. The quantitative estimate of drug-likeness (QED) is 0.355. The lowest BCUT2D eigenvalue weighted by Crippen LogP contribution is -2.28. The summed E-state index contributed by atoms with van der Waals surface area (Å²) in [6.07, 6.45) is 8.26. The van der Waals surface area contributed by atoms with Gasteiger partial charge in [0.25, 0.3) is 0 Å². The summed E-state index contributed by atoms with van der Waals surface area (Å²) in [5.41, 5.74) is 4.28. The molecule has 0 atom stereocenters. The lowest BCUT2D eigenvalue weighted by atomic mass is 10.1. The zero-order chi connectivity index (χ0) is 20.5. The molecule has 0 fully saturated rings. The molecule has 29 heavy (non-hydrogen) atoms. The number of hydrogen-bond acceptors (Lipinski definition) is 3. The highest BCUT2D eigenvalue weighted by atomic mass is 16.5. The van der Waals surface area contributed by atoms with Crippen LogP contribution < -0.4 is 4.74 Å². The van der Waals surface area contributed by atoms with E-state index < -0.39 is 0 Å². The third-order valence-corrected chi connectivity index (χ3v) is 5.39. The molecule has 0 amide bonds. The second-order valence-corrected chi connectivity index (χ2v) is 7.80. The lowest BCUT2D eigenvalue weighted by molar-refractivity contribution is 0.229. The summed E-state index contributed by atoms with van der Waals surface area (Å²) in [5.74, 6) is 0.933. The van der Waals surface area contributed by atoms with Crippen molar-refractivity contribution in [1.29, 1.82) is 0 Å². The van der Waals surface area contributed by atoms with Crippen LogP contribution in [0.15, 0.2) is 48.7 Å². The Bertz CT molecular complexity index is 861. The van der Waals surface area contributed by atoms with E-state index >= 15 is 0 Å². The molecule has 0 bridgehead atoms. The first-order valence-electron chi connectivity index (χ1n) is 11.1. The number of imidazole rings is 1. The fourth-order valence-corrected chi connectivity index (χ4v) is 3.59. The Hall–Kier alpha value is -2.33. The van der Waals surface area contributed by atoms with Gasteiger partial charge in [0, 0.05) is 24.0 Å². The Balaban J connectivity index is 1.50. The van der Waals surface area contributed by atoms with Crippen molar-refractivity contribution in [2.75, 3.05) is 26.2 Å². The van der Waals surface area contributed by atoms with Crippen LogP contribution in [0, 0.1) is 6.92 Å². The highest BCUT2D eigenvalue weighted by Crippen LogP contribution is 2.23. The lowest BCUT2D eigenvalue weighted by Gasteiger charge is -2.21. The zero-order valence-corrected chi connectivity index (χ0v) is 18.2. The first kappa shape index (κ1) is 21.4. The van der Waals surface area contributed by atoms with Crippen molar-refractivity contribution in [2.24, 2.45) is 0 Å². The van der Waals surface area contributed by atoms with Gasteiger partial charge in [0.2, 0.25) is 0 Å². The molecule has 0 saturated heterocycles. The number of nitrogens with zero attached hydrogens (tertiary/aromatic N) is 3. The van der Waals surface area contributed by atoms with Crippen molar-refractivity contribution in [2.45, 2.75) is 52.9 Å². The van der Waals surface area contributed by atoms with Crippen LogP contribution in [0.1, 0.15) is 51.6 Å². The van der Waals surface area contributed by atoms with Crippen molar-refractivity contribution >= 4 is 5.65 Å². The zero-order valence-electron chi connectivity index (χ0n) is 18.2. The van der Waals surface area contributed by atoms with E-state index in [4.69, 9.17) is 9.72 Å². The Kier molecular flexibility index (Phi) is 8.12. The molecule has 2 heterocycles. The molecule has 1 aromatic carbocycles. The van der Waals surface area contributed by atoms with E-state index in [2.05, 4.69) is 66.6 Å². The third kappa shape index (κ3) is 6.07. The first-order valence-corrected chi connectivity index (χ1v) is 11.1. The number of rotatable bonds is 12. The van der Waals surface area contributed by atoms with Crippen LogP contribution in [0.4, 0.5) is 0 Å². The fraction of sp³-hybridized carbons (Fsp3) is 0.480. The van der Waals surface area contributed by atoms with Gasteiger partial charge in [-0.3, -0.25) is 0 Å². The third-order valence-electron chi connectivity index (χ3n) is 5.39. The molecule has 3 rings (SSSR count). The molecule has 156 valence electrons. The van der Waals surface area contributed by atoms with Crippen LogP contribution in [0.3, 0.4) is 0 Å². The SMILES string of the molecule is CCCCN(CCCC)CCCOc1ccc(-c2cn3c(C)cccc3n2)cc1. The van der Waals surface area contributed by atoms with E-state index in [1.54, 1.807) is 0 Å². The molecule has 0 aliphatic carbocycles. The van der Waals surface area contributed by atoms with Gasteiger partial charge in [-0.1, -0.05) is 32.8 Å². The van der Waals surface area contributed by atoms with Crippen LogP contribution in [-0.4, -0.2) is 40.5 Å². The van der Waals surface area contributed by atoms with Gasteiger partial charge in [0.15, 0.2) is 0 Å². The number of fused-ring (bicyclic) bond motifs is 1. The molecule has 0 N–H and O–H groups in total. The van der Waals surface area contributed by atoms with E-state index in [9.17, 15) is 0 Å². The van der Waals surface area contributed by atoms with Crippen LogP contribution in [0.5, 0.6) is 5.75 Å². The summed E-state index contributed by atoms with van der Waals surface area (Å²) in [5, 5.41) is 0. The van der Waals surface area contributed by atoms with Gasteiger partial charge in [-0.25, -0.2) is 4.98 Å². The van der Waals surface area contributed by atoms with Crippen molar-refractivity contribution in [1.82, 2.24) is 14.3 Å². The first-order chi connectivity index (χ1) is 14.2. The Morgan fingerprint density at radius 3 is 2.24 bits per heavy atom. The molecule has 0 aliphatic rings. The van der Waals surface area contributed by atoms with Crippen molar-refractivity contribution in [3.63, 3.8) is 0 Å². The monoisotopic (exact) mass is 393 g/mol. The largest absolute Gasteiger partial charge is 0.494 e. The van der Waals surface area contributed by atoms with Crippen molar-refractivity contribution in [3.05, 3.63) is 54.4 Å². The Morgan fingerprint density at radius 2 is 1.59 bits per heavy atom. The highest BCUT2D eigenvalue weighted by Gasteiger charge is 2.07. The molecule has 4 heteroatoms. The van der Waals surface area contributed by atoms with Gasteiger partial charge in [-0.15, -0.1) is 0 Å². The van der Waals surface area contributed by atoms with E-state index in [1.165, 1.54) is 44.5 Å². The predicted molar refractivity (Wildman–Crippen MR) is 122 cm³/mol. The molecule has 0 radical (unpaired) electrons. The fourth-order valence-electron chi connectivity index (χ4n) is 3.59. The minimum absolute atomic E-state index is 0.766. The number of unbranched alkanes of at least 4 members (excludes halogenated alkanes) is 2. The summed E-state index contributed by atoms with van der Waals surface area (Å²) in [6.45, 7) is 10.9. The normalized spacial score (nSPS) is 11.4. The molecule has 4 nitrogen and oxygen atoms in total. The van der Waals surface area contributed by atoms with Crippen LogP contribution >= 0.6 is 0 Å². The van der Waals surface area contributed by atoms with Gasteiger partial charge in [-0.2, -0.15) is 0 Å². The predicted octanol–water partition coefficient (Wildman–Crippen LogP) is 5.98. The van der Waals surface area contributed by atoms with Crippen molar-refractivity contribution < 1.29 is 4.74 Å². The smallest absolute Gasteiger partial charge is 0.137 e. The minimum Gasteiger partial charge on any atom is -0.494 e. The Morgan fingerprint density at radius 1 is 0.897 bits per heavy atom. The molecule has 0 unspecified atom stereocenters. The van der Waals surface area contributed by atoms with E-state index in [1.807, 2.05) is 12.1 Å². The van der Waals surface area contributed by atoms with Crippen molar-refractivity contribution in [3.8, 4) is 17.0 Å². The molecular formula is C25H35N3O. The topological polar surface area (TPSA) is 29.8 Å². The maximum Gasteiger partial charge on any atom is 0.137 e. The minimum atomic E-state index is 0.766. The van der Waals surface area contributed by atoms with Gasteiger partial charge >= 0.3 is 0 Å². The van der Waals surface area contributed by atoms with Crippen LogP contribution in [-0.2, 0) is 0 Å². The van der Waals surface area contributed by atoms with Gasteiger partial charge in [-0.05, 0) is 75.7 Å².